The van der Waals surface area contributed by atoms with Crippen LogP contribution in [0.1, 0.15) is 35.4 Å². The molecule has 0 spiro atoms. The van der Waals surface area contributed by atoms with Gasteiger partial charge >= 0.3 is 6.18 Å². The van der Waals surface area contributed by atoms with Crippen LogP contribution in [0.25, 0.3) is 10.1 Å². The van der Waals surface area contributed by atoms with E-state index < -0.39 is 29.9 Å². The Kier molecular flexibility index (Phi) is 4.31. The van der Waals surface area contributed by atoms with Crippen molar-refractivity contribution >= 4 is 27.3 Å². The Morgan fingerprint density at radius 2 is 2.04 bits per heavy atom. The number of halogens is 4. The molecule has 1 heterocycles. The van der Waals surface area contributed by atoms with Crippen molar-refractivity contribution in [3.05, 3.63) is 35.0 Å². The van der Waals surface area contributed by atoms with Crippen LogP contribution in [0, 0.1) is 11.7 Å². The van der Waals surface area contributed by atoms with Gasteiger partial charge in [-0.15, -0.1) is 11.3 Å². The molecule has 1 N–H and O–H groups in total. The second kappa shape index (κ2) is 6.11. The molecular formula is C16H15F4NOS. The molecule has 1 fully saturated rings. The smallest absolute Gasteiger partial charge is 0.349 e. The Balaban J connectivity index is 1.72. The van der Waals surface area contributed by atoms with E-state index in [0.29, 0.717) is 27.8 Å². The standard InChI is InChI=1S/C16H15F4NOS/c17-12-5-2-6-13-11(12)8-14(23-13)15(22)21-10-4-1-3-9(7-10)16(18,19)20/h2,5-6,8-10H,1,3-4,7H2,(H,21,22)/t9-,10+/m0/s1. The van der Waals surface area contributed by atoms with Gasteiger partial charge in [-0.2, -0.15) is 13.2 Å². The maximum atomic E-state index is 13.7. The van der Waals surface area contributed by atoms with E-state index >= 15 is 0 Å². The average Bonchev–Trinajstić information content (AvgIpc) is 2.92. The van der Waals surface area contributed by atoms with E-state index in [1.165, 1.54) is 12.1 Å². The van der Waals surface area contributed by atoms with Crippen molar-refractivity contribution in [2.24, 2.45) is 5.92 Å². The predicted molar refractivity (Wildman–Crippen MR) is 81.1 cm³/mol. The third-order valence-corrected chi connectivity index (χ3v) is 5.30. The van der Waals surface area contributed by atoms with Crippen LogP contribution in [0.2, 0.25) is 0 Å². The SMILES string of the molecule is O=C(N[C@@H]1CCC[C@H](C(F)(F)F)C1)c1cc2c(F)cccc2s1. The van der Waals surface area contributed by atoms with Gasteiger partial charge in [0.25, 0.3) is 5.91 Å². The maximum absolute atomic E-state index is 13.7. The lowest BCUT2D eigenvalue weighted by Gasteiger charge is -2.30. The molecule has 0 unspecified atom stereocenters. The fourth-order valence-electron chi connectivity index (χ4n) is 3.01. The van der Waals surface area contributed by atoms with Gasteiger partial charge in [0.1, 0.15) is 5.82 Å². The maximum Gasteiger partial charge on any atom is 0.391 e. The summed E-state index contributed by atoms with van der Waals surface area (Å²) in [7, 11) is 0. The van der Waals surface area contributed by atoms with Gasteiger partial charge in [-0.25, -0.2) is 4.39 Å². The molecule has 2 atom stereocenters. The number of fused-ring (bicyclic) bond motifs is 1. The highest BCUT2D eigenvalue weighted by molar-refractivity contribution is 7.20. The lowest BCUT2D eigenvalue weighted by molar-refractivity contribution is -0.183. The normalized spacial score (nSPS) is 22.3. The van der Waals surface area contributed by atoms with Crippen LogP contribution in [0.4, 0.5) is 17.6 Å². The van der Waals surface area contributed by atoms with Crippen LogP contribution >= 0.6 is 11.3 Å². The number of rotatable bonds is 2. The Labute approximate surface area is 134 Å². The van der Waals surface area contributed by atoms with Crippen molar-refractivity contribution in [1.29, 1.82) is 0 Å². The molecule has 1 amide bonds. The van der Waals surface area contributed by atoms with E-state index in [9.17, 15) is 22.4 Å². The molecule has 0 bridgehead atoms. The van der Waals surface area contributed by atoms with Crippen LogP contribution in [0.15, 0.2) is 24.3 Å². The van der Waals surface area contributed by atoms with Gasteiger partial charge in [-0.1, -0.05) is 12.5 Å². The zero-order valence-electron chi connectivity index (χ0n) is 12.1. The van der Waals surface area contributed by atoms with E-state index in [-0.39, 0.29) is 12.8 Å². The molecular weight excluding hydrogens is 330 g/mol. The fraction of sp³-hybridized carbons (Fsp3) is 0.438. The summed E-state index contributed by atoms with van der Waals surface area (Å²) in [6.45, 7) is 0. The molecule has 1 aromatic heterocycles. The van der Waals surface area contributed by atoms with Crippen LogP contribution in [-0.2, 0) is 0 Å². The summed E-state index contributed by atoms with van der Waals surface area (Å²) in [5, 5.41) is 3.03. The van der Waals surface area contributed by atoms with Crippen molar-refractivity contribution in [1.82, 2.24) is 5.32 Å². The Bertz CT molecular complexity index is 724. The zero-order chi connectivity index (χ0) is 16.6. The quantitative estimate of drug-likeness (QED) is 0.772. The molecule has 1 aliphatic carbocycles. The second-order valence-electron chi connectivity index (χ2n) is 5.84. The third-order valence-electron chi connectivity index (χ3n) is 4.20. The summed E-state index contributed by atoms with van der Waals surface area (Å²) in [6, 6.07) is 5.55. The topological polar surface area (TPSA) is 29.1 Å². The molecule has 0 saturated heterocycles. The van der Waals surface area contributed by atoms with Crippen molar-refractivity contribution in [3.8, 4) is 0 Å². The van der Waals surface area contributed by atoms with E-state index in [0.717, 1.165) is 11.3 Å². The van der Waals surface area contributed by atoms with Gasteiger partial charge in [0, 0.05) is 16.1 Å². The van der Waals surface area contributed by atoms with Crippen molar-refractivity contribution in [2.75, 3.05) is 0 Å². The Morgan fingerprint density at radius 3 is 2.74 bits per heavy atom. The molecule has 2 nitrogen and oxygen atoms in total. The number of hydrogen-bond donors (Lipinski definition) is 1. The van der Waals surface area contributed by atoms with Crippen LogP contribution < -0.4 is 5.32 Å². The zero-order valence-corrected chi connectivity index (χ0v) is 12.9. The third kappa shape index (κ3) is 3.49. The van der Waals surface area contributed by atoms with Crippen molar-refractivity contribution < 1.29 is 22.4 Å². The average molecular weight is 345 g/mol. The van der Waals surface area contributed by atoms with Gasteiger partial charge in [0.15, 0.2) is 0 Å². The molecule has 0 radical (unpaired) electrons. The number of carbonyl (C=O) groups is 1. The molecule has 124 valence electrons. The van der Waals surface area contributed by atoms with Crippen LogP contribution in [0.3, 0.4) is 0 Å². The number of benzene rings is 1. The molecule has 3 rings (SSSR count). The number of carbonyl (C=O) groups excluding carboxylic acids is 1. The van der Waals surface area contributed by atoms with Crippen molar-refractivity contribution in [2.45, 2.75) is 37.9 Å². The highest BCUT2D eigenvalue weighted by Crippen LogP contribution is 2.37. The van der Waals surface area contributed by atoms with E-state index in [1.54, 1.807) is 12.1 Å². The fourth-order valence-corrected chi connectivity index (χ4v) is 3.99. The van der Waals surface area contributed by atoms with Gasteiger partial charge in [0.05, 0.1) is 10.8 Å². The Morgan fingerprint density at radius 1 is 1.26 bits per heavy atom. The summed E-state index contributed by atoms with van der Waals surface area (Å²) >= 11 is 1.14. The van der Waals surface area contributed by atoms with Gasteiger partial charge in [-0.3, -0.25) is 4.79 Å². The molecule has 1 aliphatic rings. The van der Waals surface area contributed by atoms with Gasteiger partial charge < -0.3 is 5.32 Å². The summed E-state index contributed by atoms with van der Waals surface area (Å²) in [4.78, 5) is 12.6. The summed E-state index contributed by atoms with van der Waals surface area (Å²) in [5.41, 5.74) is 0. The number of thiophene rings is 1. The minimum Gasteiger partial charge on any atom is -0.349 e. The number of amides is 1. The molecule has 7 heteroatoms. The highest BCUT2D eigenvalue weighted by Gasteiger charge is 2.42. The first-order valence-electron chi connectivity index (χ1n) is 7.40. The first-order chi connectivity index (χ1) is 10.8. The minimum absolute atomic E-state index is 0.0888. The van der Waals surface area contributed by atoms with Crippen molar-refractivity contribution in [3.63, 3.8) is 0 Å². The number of hydrogen-bond acceptors (Lipinski definition) is 2. The minimum atomic E-state index is -4.22. The summed E-state index contributed by atoms with van der Waals surface area (Å²) in [6.07, 6.45) is -3.21. The molecule has 1 saturated carbocycles. The first-order valence-corrected chi connectivity index (χ1v) is 8.22. The predicted octanol–water partition coefficient (Wildman–Crippen LogP) is 4.89. The molecule has 1 aromatic carbocycles. The van der Waals surface area contributed by atoms with E-state index in [1.807, 2.05) is 0 Å². The monoisotopic (exact) mass is 345 g/mol. The van der Waals surface area contributed by atoms with Gasteiger partial charge in [-0.05, 0) is 37.5 Å². The number of alkyl halides is 3. The Hall–Kier alpha value is -1.63. The first kappa shape index (κ1) is 16.2. The second-order valence-corrected chi connectivity index (χ2v) is 6.92. The van der Waals surface area contributed by atoms with E-state index in [4.69, 9.17) is 0 Å². The molecule has 2 aromatic rings. The highest BCUT2D eigenvalue weighted by atomic mass is 32.1. The summed E-state index contributed by atoms with van der Waals surface area (Å²) in [5.74, 6) is -2.20. The lowest BCUT2D eigenvalue weighted by atomic mass is 9.85. The molecule has 0 aliphatic heterocycles. The lowest BCUT2D eigenvalue weighted by Crippen LogP contribution is -2.41. The van der Waals surface area contributed by atoms with E-state index in [2.05, 4.69) is 5.32 Å². The van der Waals surface area contributed by atoms with Crippen LogP contribution in [0.5, 0.6) is 0 Å². The number of nitrogens with one attached hydrogen (secondary N) is 1. The van der Waals surface area contributed by atoms with Gasteiger partial charge in [0.2, 0.25) is 0 Å². The van der Waals surface area contributed by atoms with Crippen LogP contribution in [-0.4, -0.2) is 18.1 Å². The summed E-state index contributed by atoms with van der Waals surface area (Å²) < 4.78 is 52.7. The largest absolute Gasteiger partial charge is 0.391 e. The molecule has 23 heavy (non-hydrogen) atoms.